The van der Waals surface area contributed by atoms with Crippen molar-refractivity contribution < 1.29 is 55.6 Å². The Hall–Kier alpha value is -4.58. The molecule has 8 atom stereocenters. The zero-order valence-electron chi connectivity index (χ0n) is 38.8. The summed E-state index contributed by atoms with van der Waals surface area (Å²) in [7, 11) is 2.06. The molecule has 354 valence electrons. The number of methoxy groups -OCH3 is 3. The van der Waals surface area contributed by atoms with Crippen molar-refractivity contribution >= 4 is 44.3 Å². The number of sulfone groups is 1. The first kappa shape index (κ1) is 46.9. The van der Waals surface area contributed by atoms with Crippen molar-refractivity contribution in [3.63, 3.8) is 0 Å². The SMILES string of the molecule is CCN1CCc2c([nH]c3ccc(S(C)(=O)=O)cc23)[C@@](C(=O)OC)(c2cc3c(cc2OC)N(C)[C@H]2[C@@](O)(C(=O)OC)[C@H](OC(C)=O)[C@]4(CC)C=CCN5CC[C@]32[C@@H]54)CCCC(C(C)(F)F)C1. The van der Waals surface area contributed by atoms with Gasteiger partial charge in [-0.1, -0.05) is 32.4 Å². The second-order valence-corrected chi connectivity index (χ2v) is 21.0. The Morgan fingerprint density at radius 3 is 2.34 bits per heavy atom. The summed E-state index contributed by atoms with van der Waals surface area (Å²) < 4.78 is 80.8. The highest BCUT2D eigenvalue weighted by atomic mass is 32.2. The third-order valence-electron chi connectivity index (χ3n) is 15.9. The van der Waals surface area contributed by atoms with E-state index in [1.54, 1.807) is 25.2 Å². The predicted molar refractivity (Wildman–Crippen MR) is 239 cm³/mol. The van der Waals surface area contributed by atoms with E-state index in [1.807, 2.05) is 41.9 Å². The van der Waals surface area contributed by atoms with Crippen LogP contribution in [0.25, 0.3) is 10.9 Å². The highest BCUT2D eigenvalue weighted by molar-refractivity contribution is 7.90. The fourth-order valence-electron chi connectivity index (χ4n) is 13.1. The highest BCUT2D eigenvalue weighted by Gasteiger charge is 2.80. The number of alkyl halides is 2. The fraction of sp³-hybridized carbons (Fsp3) is 0.604. The number of fused-ring (bicyclic) bond motifs is 4. The maximum atomic E-state index is 15.6. The number of halogens is 2. The number of nitrogens with zero attached hydrogens (tertiary/aromatic N) is 3. The van der Waals surface area contributed by atoms with Crippen molar-refractivity contribution in [2.75, 3.05) is 72.3 Å². The molecule has 0 radical (unpaired) electrons. The molecule has 1 saturated heterocycles. The summed E-state index contributed by atoms with van der Waals surface area (Å²) in [4.78, 5) is 52.6. The number of ether oxygens (including phenoxy) is 4. The van der Waals surface area contributed by atoms with E-state index in [0.717, 1.165) is 18.7 Å². The second kappa shape index (κ2) is 16.3. The van der Waals surface area contributed by atoms with Crippen LogP contribution < -0.4 is 9.64 Å². The Morgan fingerprint density at radius 2 is 1.72 bits per heavy atom. The minimum atomic E-state index is -3.67. The van der Waals surface area contributed by atoms with Gasteiger partial charge >= 0.3 is 17.9 Å². The molecule has 1 spiro atoms. The lowest BCUT2D eigenvalue weighted by Gasteiger charge is -2.63. The number of H-pyrrole nitrogens is 1. The van der Waals surface area contributed by atoms with Crippen LogP contribution in [0.4, 0.5) is 14.5 Å². The van der Waals surface area contributed by atoms with Gasteiger partial charge in [-0.25, -0.2) is 22.0 Å². The first-order valence-electron chi connectivity index (χ1n) is 22.5. The van der Waals surface area contributed by atoms with Gasteiger partial charge in [0, 0.05) is 96.6 Å². The van der Waals surface area contributed by atoms with Gasteiger partial charge in [0.1, 0.15) is 11.2 Å². The van der Waals surface area contributed by atoms with Crippen molar-refractivity contribution in [1.82, 2.24) is 14.8 Å². The smallest absolute Gasteiger partial charge is 0.344 e. The van der Waals surface area contributed by atoms with Gasteiger partial charge in [0.05, 0.1) is 32.3 Å². The van der Waals surface area contributed by atoms with E-state index in [1.165, 1.54) is 34.3 Å². The van der Waals surface area contributed by atoms with Crippen LogP contribution in [0, 0.1) is 11.3 Å². The third-order valence-corrected chi connectivity index (χ3v) is 17.0. The van der Waals surface area contributed by atoms with Crippen molar-refractivity contribution in [3.8, 4) is 5.75 Å². The predicted octanol–water partition coefficient (Wildman–Crippen LogP) is 5.30. The molecule has 8 rings (SSSR count). The third kappa shape index (κ3) is 6.75. The molecule has 0 bridgehead atoms. The number of rotatable bonds is 9. The summed E-state index contributed by atoms with van der Waals surface area (Å²) in [6, 6.07) is 7.04. The number of carbonyl (C=O) groups is 3. The zero-order chi connectivity index (χ0) is 47.2. The largest absolute Gasteiger partial charge is 0.496 e. The van der Waals surface area contributed by atoms with Crippen molar-refractivity contribution in [2.45, 2.75) is 112 Å². The summed E-state index contributed by atoms with van der Waals surface area (Å²) in [6.45, 7) is 8.10. The van der Waals surface area contributed by atoms with Crippen molar-refractivity contribution in [2.24, 2.45) is 11.3 Å². The number of nitrogens with one attached hydrogen (secondary N) is 1. The summed E-state index contributed by atoms with van der Waals surface area (Å²) in [5, 5.41) is 13.9. The van der Waals surface area contributed by atoms with Crippen LogP contribution in [0.1, 0.15) is 82.2 Å². The molecule has 5 heterocycles. The van der Waals surface area contributed by atoms with E-state index in [-0.39, 0.29) is 42.9 Å². The minimum absolute atomic E-state index is 0.00361. The summed E-state index contributed by atoms with van der Waals surface area (Å²) in [6.07, 6.45) is 5.06. The van der Waals surface area contributed by atoms with Gasteiger partial charge in [0.2, 0.25) is 11.5 Å². The standard InChI is InChI=1S/C48H62F2N4O10S/c1-10-45-18-13-21-54-23-20-47(39(45)54)33-25-34(37(61-6)26-36(33)52(5)40(47)48(58,43(57)63-8)41(45)64-28(3)55)46(42(56)62-7)19-12-14-29(44(4,49)50)27-53(11-2)22-17-31-32-24-30(65(9,59)60)15-16-35(32)51-38(31)46/h13,15-16,18,24-26,29,39-41,51,58H,10-12,14,17,19-23,27H2,1-9H3/t29?,39-,40+,41+,45+,46-,47+,48-/m0/s1. The van der Waals surface area contributed by atoms with Crippen LogP contribution in [-0.4, -0.2) is 143 Å². The molecule has 14 nitrogen and oxygen atoms in total. The highest BCUT2D eigenvalue weighted by Crippen LogP contribution is 2.68. The molecule has 17 heteroatoms. The Bertz CT molecular complexity index is 2560. The lowest BCUT2D eigenvalue weighted by Crippen LogP contribution is -2.81. The number of benzene rings is 2. The molecule has 0 amide bonds. The molecule has 1 saturated carbocycles. The summed E-state index contributed by atoms with van der Waals surface area (Å²) >= 11 is 0. The van der Waals surface area contributed by atoms with Gasteiger partial charge in [-0.05, 0) is 87.5 Å². The average molecular weight is 925 g/mol. The number of anilines is 1. The summed E-state index contributed by atoms with van der Waals surface area (Å²) in [5.41, 5.74) is -2.95. The first-order chi connectivity index (χ1) is 30.6. The molecule has 2 fully saturated rings. The Labute approximate surface area is 379 Å². The molecule has 4 aliphatic heterocycles. The van der Waals surface area contributed by atoms with Crippen LogP contribution in [0.3, 0.4) is 0 Å². The molecule has 2 N–H and O–H groups in total. The van der Waals surface area contributed by atoms with Gasteiger partial charge < -0.3 is 38.8 Å². The van der Waals surface area contributed by atoms with E-state index in [9.17, 15) is 23.1 Å². The van der Waals surface area contributed by atoms with Crippen molar-refractivity contribution in [1.29, 1.82) is 0 Å². The average Bonchev–Trinajstić information content (AvgIpc) is 3.91. The molecular formula is C48H62F2N4O10S. The fourth-order valence-corrected chi connectivity index (χ4v) is 13.8. The first-order valence-corrected chi connectivity index (χ1v) is 24.4. The number of aliphatic hydroxyl groups is 1. The molecule has 1 aromatic heterocycles. The Kier molecular flexibility index (Phi) is 11.8. The molecule has 1 aliphatic carbocycles. The molecule has 3 aromatic rings. The normalized spacial score (nSPS) is 31.6. The number of carbonyl (C=O) groups excluding carboxylic acids is 3. The number of hydrogen-bond donors (Lipinski definition) is 2. The summed E-state index contributed by atoms with van der Waals surface area (Å²) in [5.74, 6) is -6.14. The van der Waals surface area contributed by atoms with Crippen LogP contribution in [-0.2, 0) is 55.7 Å². The van der Waals surface area contributed by atoms with Crippen LogP contribution >= 0.6 is 0 Å². The van der Waals surface area contributed by atoms with Gasteiger partial charge in [0.15, 0.2) is 15.9 Å². The van der Waals surface area contributed by atoms with E-state index in [2.05, 4.69) is 9.88 Å². The monoisotopic (exact) mass is 924 g/mol. The van der Waals surface area contributed by atoms with Gasteiger partial charge in [-0.3, -0.25) is 14.5 Å². The van der Waals surface area contributed by atoms with E-state index in [4.69, 9.17) is 18.9 Å². The van der Waals surface area contributed by atoms with Crippen LogP contribution in [0.5, 0.6) is 5.75 Å². The zero-order valence-corrected chi connectivity index (χ0v) is 39.6. The maximum absolute atomic E-state index is 15.6. The Balaban J connectivity index is 1.47. The van der Waals surface area contributed by atoms with Gasteiger partial charge in [0.25, 0.3) is 0 Å². The molecule has 1 unspecified atom stereocenters. The van der Waals surface area contributed by atoms with Crippen LogP contribution in [0.2, 0.25) is 0 Å². The van der Waals surface area contributed by atoms with Gasteiger partial charge in [-0.2, -0.15) is 0 Å². The topological polar surface area (TPSA) is 168 Å². The molecule has 2 aromatic carbocycles. The van der Waals surface area contributed by atoms with Crippen molar-refractivity contribution in [3.05, 3.63) is 64.9 Å². The number of esters is 3. The number of hydrogen-bond acceptors (Lipinski definition) is 13. The molecular weight excluding hydrogens is 863 g/mol. The minimum Gasteiger partial charge on any atom is -0.496 e. The maximum Gasteiger partial charge on any atom is 0.344 e. The lowest BCUT2D eigenvalue weighted by atomic mass is 9.47. The number of aromatic nitrogens is 1. The number of aromatic amines is 1. The number of likely N-dealkylation sites (N-methyl/N-ethyl adjacent to an activating group) is 2. The van der Waals surface area contributed by atoms with Gasteiger partial charge in [-0.15, -0.1) is 0 Å². The van der Waals surface area contributed by atoms with E-state index in [0.29, 0.717) is 72.4 Å². The Morgan fingerprint density at radius 1 is 1.00 bits per heavy atom. The second-order valence-electron chi connectivity index (χ2n) is 19.0. The van der Waals surface area contributed by atoms with E-state index < -0.39 is 79.6 Å². The molecule has 65 heavy (non-hydrogen) atoms. The van der Waals surface area contributed by atoms with Crippen LogP contribution in [0.15, 0.2) is 47.4 Å². The van der Waals surface area contributed by atoms with E-state index >= 15 is 13.6 Å². The lowest BCUT2D eigenvalue weighted by molar-refractivity contribution is -0.228. The molecule has 5 aliphatic rings. The quantitative estimate of drug-likeness (QED) is 0.161.